The quantitative estimate of drug-likeness (QED) is 0.672. The van der Waals surface area contributed by atoms with E-state index in [4.69, 9.17) is 9.47 Å². The Kier molecular flexibility index (Phi) is 8.90. The van der Waals surface area contributed by atoms with E-state index >= 15 is 0 Å². The van der Waals surface area contributed by atoms with E-state index in [0.29, 0.717) is 13.2 Å². The number of benzene rings is 1. The van der Waals surface area contributed by atoms with Crippen molar-refractivity contribution in [2.24, 2.45) is 0 Å². The Balaban J connectivity index is 1.91. The van der Waals surface area contributed by atoms with Crippen molar-refractivity contribution in [3.8, 4) is 5.75 Å². The normalized spacial score (nSPS) is 10.6. The molecule has 0 saturated carbocycles. The van der Waals surface area contributed by atoms with Gasteiger partial charge in [-0.15, -0.1) is 0 Å². The molecule has 0 aliphatic rings. The summed E-state index contributed by atoms with van der Waals surface area (Å²) in [7, 11) is 0. The minimum atomic E-state index is 0.608. The van der Waals surface area contributed by atoms with Crippen LogP contribution in [-0.4, -0.2) is 32.9 Å². The second kappa shape index (κ2) is 10.4. The Morgan fingerprint density at radius 2 is 1.83 bits per heavy atom. The zero-order valence-electron chi connectivity index (χ0n) is 11.0. The summed E-state index contributed by atoms with van der Waals surface area (Å²) >= 11 is 3.39. The van der Waals surface area contributed by atoms with E-state index in [2.05, 4.69) is 28.2 Å². The van der Waals surface area contributed by atoms with Gasteiger partial charge in [0.15, 0.2) is 0 Å². The van der Waals surface area contributed by atoms with Crippen LogP contribution >= 0.6 is 15.9 Å². The lowest BCUT2D eigenvalue weighted by Gasteiger charge is -2.07. The lowest BCUT2D eigenvalue weighted by Crippen LogP contribution is -2.85. The van der Waals surface area contributed by atoms with Crippen LogP contribution in [0.15, 0.2) is 28.7 Å². The van der Waals surface area contributed by atoms with E-state index in [1.165, 1.54) is 19.4 Å². The molecule has 18 heavy (non-hydrogen) atoms. The summed E-state index contributed by atoms with van der Waals surface area (Å²) in [6, 6.07) is 7.84. The highest BCUT2D eigenvalue weighted by atomic mass is 79.9. The summed E-state index contributed by atoms with van der Waals surface area (Å²) in [6.07, 6.45) is 2.55. The zero-order chi connectivity index (χ0) is 13.1. The number of hydrogen-bond donors (Lipinski definition) is 1. The smallest absolute Gasteiger partial charge is 0.119 e. The molecule has 4 heteroatoms. The van der Waals surface area contributed by atoms with E-state index in [1.54, 1.807) is 0 Å². The molecule has 0 aliphatic carbocycles. The Bertz CT molecular complexity index is 303. The molecule has 2 N–H and O–H groups in total. The molecule has 0 radical (unpaired) electrons. The molecule has 0 spiro atoms. The van der Waals surface area contributed by atoms with Crippen molar-refractivity contribution >= 4 is 15.9 Å². The number of ether oxygens (including phenoxy) is 2. The Morgan fingerprint density at radius 3 is 2.56 bits per heavy atom. The van der Waals surface area contributed by atoms with Gasteiger partial charge in [0.1, 0.15) is 12.4 Å². The van der Waals surface area contributed by atoms with Gasteiger partial charge in [-0.3, -0.25) is 0 Å². The molecule has 0 fully saturated rings. The molecule has 1 rings (SSSR count). The van der Waals surface area contributed by atoms with Crippen LogP contribution in [0.2, 0.25) is 0 Å². The second-order valence-electron chi connectivity index (χ2n) is 4.13. The molecule has 0 amide bonds. The summed E-state index contributed by atoms with van der Waals surface area (Å²) in [5, 5.41) is 2.30. The van der Waals surface area contributed by atoms with Crippen LogP contribution in [0.25, 0.3) is 0 Å². The Labute approximate surface area is 118 Å². The minimum absolute atomic E-state index is 0.608. The minimum Gasteiger partial charge on any atom is -0.491 e. The maximum atomic E-state index is 5.55. The second-order valence-corrected chi connectivity index (χ2v) is 5.05. The highest BCUT2D eigenvalue weighted by molar-refractivity contribution is 9.10. The topological polar surface area (TPSA) is 35.1 Å². The van der Waals surface area contributed by atoms with Crippen molar-refractivity contribution in [1.82, 2.24) is 0 Å². The number of rotatable bonds is 10. The molecular formula is C14H23BrNO2+. The molecule has 1 aromatic carbocycles. The molecule has 0 saturated heterocycles. The van der Waals surface area contributed by atoms with Gasteiger partial charge in [-0.1, -0.05) is 29.3 Å². The summed E-state index contributed by atoms with van der Waals surface area (Å²) in [5.41, 5.74) is 0. The fourth-order valence-electron chi connectivity index (χ4n) is 1.51. The third-order valence-electron chi connectivity index (χ3n) is 2.54. The first kappa shape index (κ1) is 15.5. The van der Waals surface area contributed by atoms with Gasteiger partial charge in [0.25, 0.3) is 0 Å². The number of quaternary nitrogens is 1. The van der Waals surface area contributed by atoms with Crippen LogP contribution < -0.4 is 10.1 Å². The lowest BCUT2D eigenvalue weighted by atomic mass is 10.3. The first-order valence-corrected chi connectivity index (χ1v) is 7.40. The van der Waals surface area contributed by atoms with Gasteiger partial charge in [-0.2, -0.15) is 0 Å². The number of hydrogen-bond acceptors (Lipinski definition) is 2. The van der Waals surface area contributed by atoms with Gasteiger partial charge in [0.2, 0.25) is 0 Å². The maximum absolute atomic E-state index is 5.55. The van der Waals surface area contributed by atoms with Crippen molar-refractivity contribution in [1.29, 1.82) is 0 Å². The molecule has 0 unspecified atom stereocenters. The molecule has 0 aromatic heterocycles. The van der Waals surface area contributed by atoms with Gasteiger partial charge in [-0.05, 0) is 30.7 Å². The van der Waals surface area contributed by atoms with Crippen LogP contribution in [0.4, 0.5) is 0 Å². The summed E-state index contributed by atoms with van der Waals surface area (Å²) in [6.45, 7) is 6.51. The average Bonchev–Trinajstić information content (AvgIpc) is 2.39. The number of unbranched alkanes of at least 4 members (excludes halogenated alkanes) is 1. The molecule has 0 bridgehead atoms. The van der Waals surface area contributed by atoms with Gasteiger partial charge in [0.05, 0.1) is 26.3 Å². The number of nitrogens with two attached hydrogens (primary N) is 1. The summed E-state index contributed by atoms with van der Waals surface area (Å²) < 4.78 is 12.1. The van der Waals surface area contributed by atoms with Crippen LogP contribution in [0.3, 0.4) is 0 Å². The van der Waals surface area contributed by atoms with Crippen molar-refractivity contribution in [2.45, 2.75) is 19.8 Å². The van der Waals surface area contributed by atoms with E-state index in [1.807, 2.05) is 24.3 Å². The third kappa shape index (κ3) is 7.69. The molecule has 102 valence electrons. The SMILES string of the molecule is CCCC[NH2+]CCOCCOc1ccc(Br)cc1. The van der Waals surface area contributed by atoms with Crippen LogP contribution in [0.5, 0.6) is 5.75 Å². The van der Waals surface area contributed by atoms with Gasteiger partial charge < -0.3 is 14.8 Å². The molecule has 0 aliphatic heterocycles. The van der Waals surface area contributed by atoms with Crippen molar-refractivity contribution in [3.63, 3.8) is 0 Å². The van der Waals surface area contributed by atoms with Crippen LogP contribution in [-0.2, 0) is 4.74 Å². The molecule has 0 atom stereocenters. The standard InChI is InChI=1S/C14H22BrNO2/c1-2-3-8-16-9-10-17-11-12-18-14-6-4-13(15)5-7-14/h4-7,16H,2-3,8-12H2,1H3/p+1. The molecule has 0 heterocycles. The zero-order valence-corrected chi connectivity index (χ0v) is 12.6. The predicted molar refractivity (Wildman–Crippen MR) is 77.0 cm³/mol. The summed E-state index contributed by atoms with van der Waals surface area (Å²) in [5.74, 6) is 0.885. The van der Waals surface area contributed by atoms with Crippen LogP contribution in [0.1, 0.15) is 19.8 Å². The third-order valence-corrected chi connectivity index (χ3v) is 3.07. The molecular weight excluding hydrogens is 294 g/mol. The number of halogens is 1. The fraction of sp³-hybridized carbons (Fsp3) is 0.571. The van der Waals surface area contributed by atoms with E-state index < -0.39 is 0 Å². The predicted octanol–water partition coefficient (Wildman–Crippen LogP) is 2.21. The van der Waals surface area contributed by atoms with Gasteiger partial charge >= 0.3 is 0 Å². The lowest BCUT2D eigenvalue weighted by molar-refractivity contribution is -0.656. The van der Waals surface area contributed by atoms with Crippen molar-refractivity contribution in [2.75, 3.05) is 32.9 Å². The molecule has 1 aromatic rings. The van der Waals surface area contributed by atoms with Gasteiger partial charge in [0, 0.05) is 4.47 Å². The maximum Gasteiger partial charge on any atom is 0.119 e. The highest BCUT2D eigenvalue weighted by Crippen LogP contribution is 2.15. The van der Waals surface area contributed by atoms with E-state index in [0.717, 1.165) is 23.4 Å². The van der Waals surface area contributed by atoms with Gasteiger partial charge in [-0.25, -0.2) is 0 Å². The molecule has 3 nitrogen and oxygen atoms in total. The van der Waals surface area contributed by atoms with Crippen molar-refractivity contribution in [3.05, 3.63) is 28.7 Å². The first-order chi connectivity index (χ1) is 8.83. The van der Waals surface area contributed by atoms with E-state index in [9.17, 15) is 0 Å². The van der Waals surface area contributed by atoms with Crippen LogP contribution in [0, 0.1) is 0 Å². The highest BCUT2D eigenvalue weighted by Gasteiger charge is 1.95. The Morgan fingerprint density at radius 1 is 1.06 bits per heavy atom. The first-order valence-electron chi connectivity index (χ1n) is 6.60. The Hall–Kier alpha value is -0.580. The monoisotopic (exact) mass is 316 g/mol. The largest absolute Gasteiger partial charge is 0.491 e. The summed E-state index contributed by atoms with van der Waals surface area (Å²) in [4.78, 5) is 0. The van der Waals surface area contributed by atoms with Crippen molar-refractivity contribution < 1.29 is 14.8 Å². The average molecular weight is 317 g/mol. The fourth-order valence-corrected chi connectivity index (χ4v) is 1.78. The van der Waals surface area contributed by atoms with E-state index in [-0.39, 0.29) is 0 Å².